The molecule has 0 rings (SSSR count). The SMILES string of the molecule is CC/C=C/C/C=C/C/C=C/CCCCCCCCC(=O)OC(COCCC(C(=O)O)[N+](C)(C)C)COC(=O)CCCCCCCCCCCCCCCCCCCCC. The molecule has 2 atom stereocenters. The van der Waals surface area contributed by atoms with E-state index in [9.17, 15) is 19.5 Å². The summed E-state index contributed by atoms with van der Waals surface area (Å²) in [6.45, 7) is 4.64. The molecule has 0 heterocycles. The number of carboxylic acid groups (broad SMARTS) is 1. The smallest absolute Gasteiger partial charge is 0.362 e. The number of unbranched alkanes of at least 4 members (excludes halogenated alkanes) is 24. The van der Waals surface area contributed by atoms with E-state index >= 15 is 0 Å². The van der Waals surface area contributed by atoms with Gasteiger partial charge in [0.05, 0.1) is 34.4 Å². The van der Waals surface area contributed by atoms with Crippen LogP contribution in [0.2, 0.25) is 0 Å². The fraction of sp³-hybridized carbons (Fsp3) is 0.824. The summed E-state index contributed by atoms with van der Waals surface area (Å²) in [5.74, 6) is -1.47. The molecule has 0 fully saturated rings. The normalized spacial score (nSPS) is 13.2. The number of carbonyl (C=O) groups excluding carboxylic acids is 2. The Labute approximate surface area is 364 Å². The zero-order valence-corrected chi connectivity index (χ0v) is 39.2. The number of quaternary nitrogens is 1. The van der Waals surface area contributed by atoms with E-state index in [4.69, 9.17) is 14.2 Å². The van der Waals surface area contributed by atoms with Gasteiger partial charge in [0.2, 0.25) is 0 Å². The number of hydrogen-bond acceptors (Lipinski definition) is 6. The third-order valence-electron chi connectivity index (χ3n) is 11.1. The number of allylic oxidation sites excluding steroid dienone is 6. The molecule has 8 heteroatoms. The van der Waals surface area contributed by atoms with Crippen molar-refractivity contribution in [2.45, 2.75) is 231 Å². The topological polar surface area (TPSA) is 99.1 Å². The zero-order valence-electron chi connectivity index (χ0n) is 39.2. The van der Waals surface area contributed by atoms with Gasteiger partial charge in [0.25, 0.3) is 0 Å². The molecule has 0 aliphatic carbocycles. The first kappa shape index (κ1) is 56.5. The highest BCUT2D eigenvalue weighted by molar-refractivity contribution is 5.72. The number of carbonyl (C=O) groups is 3. The Bertz CT molecular complexity index is 1060. The third-order valence-corrected chi connectivity index (χ3v) is 11.1. The molecule has 0 saturated heterocycles. The van der Waals surface area contributed by atoms with Crippen molar-refractivity contribution in [2.24, 2.45) is 0 Å². The van der Waals surface area contributed by atoms with Gasteiger partial charge in [-0.3, -0.25) is 9.59 Å². The summed E-state index contributed by atoms with van der Waals surface area (Å²) < 4.78 is 17.3. The largest absolute Gasteiger partial charge is 0.477 e. The first-order chi connectivity index (χ1) is 28.6. The van der Waals surface area contributed by atoms with Gasteiger partial charge in [-0.05, 0) is 44.9 Å². The number of esters is 2. The molecular weight excluding hydrogens is 739 g/mol. The number of aliphatic carboxylic acids is 1. The van der Waals surface area contributed by atoms with Crippen LogP contribution in [0.25, 0.3) is 0 Å². The Balaban J connectivity index is 4.25. The average molecular weight is 833 g/mol. The van der Waals surface area contributed by atoms with Gasteiger partial charge in [-0.15, -0.1) is 0 Å². The second-order valence-electron chi connectivity index (χ2n) is 17.7. The van der Waals surface area contributed by atoms with Crippen molar-refractivity contribution in [3.8, 4) is 0 Å². The van der Waals surface area contributed by atoms with Crippen molar-refractivity contribution >= 4 is 17.9 Å². The van der Waals surface area contributed by atoms with E-state index < -0.39 is 18.1 Å². The maximum absolute atomic E-state index is 12.8. The van der Waals surface area contributed by atoms with Crippen LogP contribution in [0.4, 0.5) is 0 Å². The summed E-state index contributed by atoms with van der Waals surface area (Å²) in [4.78, 5) is 37.1. The molecule has 0 saturated carbocycles. The van der Waals surface area contributed by atoms with E-state index in [1.54, 1.807) is 0 Å². The number of ether oxygens (including phenoxy) is 3. The van der Waals surface area contributed by atoms with Crippen LogP contribution in [0.15, 0.2) is 36.5 Å². The minimum Gasteiger partial charge on any atom is -0.477 e. The molecule has 0 spiro atoms. The lowest BCUT2D eigenvalue weighted by Crippen LogP contribution is -2.50. The van der Waals surface area contributed by atoms with Crippen LogP contribution in [-0.2, 0) is 28.6 Å². The second kappa shape index (κ2) is 42.2. The van der Waals surface area contributed by atoms with Gasteiger partial charge in [0.15, 0.2) is 12.1 Å². The molecule has 2 unspecified atom stereocenters. The van der Waals surface area contributed by atoms with Gasteiger partial charge < -0.3 is 23.8 Å². The van der Waals surface area contributed by atoms with Crippen LogP contribution in [-0.4, -0.2) is 80.6 Å². The van der Waals surface area contributed by atoms with Crippen LogP contribution in [0, 0.1) is 0 Å². The van der Waals surface area contributed by atoms with Crippen LogP contribution in [0.1, 0.15) is 219 Å². The fourth-order valence-electron chi connectivity index (χ4n) is 7.28. The second-order valence-corrected chi connectivity index (χ2v) is 17.7. The molecule has 0 aromatic heterocycles. The van der Waals surface area contributed by atoms with E-state index in [1.165, 1.54) is 116 Å². The molecule has 8 nitrogen and oxygen atoms in total. The quantitative estimate of drug-likeness (QED) is 0.0282. The lowest BCUT2D eigenvalue weighted by atomic mass is 10.0. The van der Waals surface area contributed by atoms with Crippen LogP contribution in [0.3, 0.4) is 0 Å². The molecule has 59 heavy (non-hydrogen) atoms. The summed E-state index contributed by atoms with van der Waals surface area (Å²) in [6, 6.07) is -0.616. The molecule has 0 aromatic rings. The van der Waals surface area contributed by atoms with Gasteiger partial charge in [-0.1, -0.05) is 192 Å². The number of nitrogens with zero attached hydrogens (tertiary/aromatic N) is 1. The molecule has 344 valence electrons. The molecule has 1 N–H and O–H groups in total. The third kappa shape index (κ3) is 40.7. The Hall–Kier alpha value is -2.45. The lowest BCUT2D eigenvalue weighted by molar-refractivity contribution is -0.887. The van der Waals surface area contributed by atoms with Crippen molar-refractivity contribution in [3.05, 3.63) is 36.5 Å². The molecule has 0 aliphatic heterocycles. The Morgan fingerprint density at radius 2 is 0.949 bits per heavy atom. The first-order valence-corrected chi connectivity index (χ1v) is 24.5. The van der Waals surface area contributed by atoms with Crippen molar-refractivity contribution in [1.29, 1.82) is 0 Å². The van der Waals surface area contributed by atoms with Crippen molar-refractivity contribution in [1.82, 2.24) is 0 Å². The van der Waals surface area contributed by atoms with Gasteiger partial charge in [-0.2, -0.15) is 0 Å². The molecule has 0 radical (unpaired) electrons. The van der Waals surface area contributed by atoms with Crippen molar-refractivity contribution < 1.29 is 38.2 Å². The molecule has 0 aromatic carbocycles. The average Bonchev–Trinajstić information content (AvgIpc) is 3.19. The first-order valence-electron chi connectivity index (χ1n) is 24.5. The molecule has 0 amide bonds. The lowest BCUT2D eigenvalue weighted by Gasteiger charge is -2.31. The highest BCUT2D eigenvalue weighted by Gasteiger charge is 2.31. The number of likely N-dealkylation sites (N-methyl/N-ethyl adjacent to an activating group) is 1. The Kier molecular flexibility index (Phi) is 40.5. The minimum atomic E-state index is -0.876. The summed E-state index contributed by atoms with van der Waals surface area (Å²) >= 11 is 0. The summed E-state index contributed by atoms with van der Waals surface area (Å²) in [6.07, 6.45) is 49.0. The highest BCUT2D eigenvalue weighted by Crippen LogP contribution is 2.16. The summed E-state index contributed by atoms with van der Waals surface area (Å²) in [5, 5.41) is 9.64. The zero-order chi connectivity index (χ0) is 43.5. The van der Waals surface area contributed by atoms with Gasteiger partial charge in [0.1, 0.15) is 6.61 Å². The summed E-state index contributed by atoms with van der Waals surface area (Å²) in [5.41, 5.74) is 0. The maximum atomic E-state index is 12.8. The Morgan fingerprint density at radius 3 is 1.41 bits per heavy atom. The van der Waals surface area contributed by atoms with Crippen LogP contribution < -0.4 is 0 Å². The monoisotopic (exact) mass is 833 g/mol. The van der Waals surface area contributed by atoms with Crippen LogP contribution >= 0.6 is 0 Å². The summed E-state index contributed by atoms with van der Waals surface area (Å²) in [7, 11) is 5.53. The van der Waals surface area contributed by atoms with E-state index in [0.29, 0.717) is 19.3 Å². The van der Waals surface area contributed by atoms with E-state index in [-0.39, 0.29) is 36.2 Å². The predicted octanol–water partition coefficient (Wildman–Crippen LogP) is 13.8. The van der Waals surface area contributed by atoms with Gasteiger partial charge >= 0.3 is 17.9 Å². The van der Waals surface area contributed by atoms with Crippen molar-refractivity contribution in [3.63, 3.8) is 0 Å². The number of rotatable bonds is 44. The minimum absolute atomic E-state index is 0.0531. The number of hydrogen-bond donors (Lipinski definition) is 1. The van der Waals surface area contributed by atoms with Crippen LogP contribution in [0.5, 0.6) is 0 Å². The van der Waals surface area contributed by atoms with Gasteiger partial charge in [-0.25, -0.2) is 4.79 Å². The molecule has 0 bridgehead atoms. The molecular formula is C51H94NO7+. The molecule has 0 aliphatic rings. The highest BCUT2D eigenvalue weighted by atomic mass is 16.6. The van der Waals surface area contributed by atoms with Crippen molar-refractivity contribution in [2.75, 3.05) is 41.0 Å². The van der Waals surface area contributed by atoms with Gasteiger partial charge in [0, 0.05) is 19.3 Å². The standard InChI is InChI=1S/C51H93NO7/c1-6-8-10-12-14-16-18-20-22-24-25-26-28-29-31-33-35-37-39-41-49(53)58-46-47(45-57-44-43-48(51(55)56)52(3,4)5)59-50(54)42-40-38-36-34-32-30-27-23-21-19-17-15-13-11-9-7-2/h9,11,15,17,21,23,47-48H,6-8,10,12-14,16,18-20,22,24-46H2,1-5H3/p+1/b11-9+,17-15+,23-21+. The Morgan fingerprint density at radius 1 is 0.525 bits per heavy atom. The predicted molar refractivity (Wildman–Crippen MR) is 248 cm³/mol. The van der Waals surface area contributed by atoms with E-state index in [1.807, 2.05) is 21.1 Å². The number of carboxylic acids is 1. The van der Waals surface area contributed by atoms with E-state index in [0.717, 1.165) is 70.6 Å². The maximum Gasteiger partial charge on any atom is 0.362 e. The fourth-order valence-corrected chi connectivity index (χ4v) is 7.28. The van der Waals surface area contributed by atoms with E-state index in [2.05, 4.69) is 50.3 Å².